The molecule has 24 heavy (non-hydrogen) atoms. The molecule has 2 aromatic rings. The summed E-state index contributed by atoms with van der Waals surface area (Å²) < 4.78 is 12.8. The molecule has 0 radical (unpaired) electrons. The molecule has 1 atom stereocenters. The van der Waals surface area contributed by atoms with Gasteiger partial charge in [0.05, 0.1) is 0 Å². The molecule has 5 nitrogen and oxygen atoms in total. The van der Waals surface area contributed by atoms with Gasteiger partial charge in [0.15, 0.2) is 11.8 Å². The van der Waals surface area contributed by atoms with Crippen LogP contribution in [-0.4, -0.2) is 22.8 Å². The Morgan fingerprint density at radius 1 is 0.958 bits per heavy atom. The average Bonchev–Trinajstić information content (AvgIpc) is 2.58. The number of carboxylic acids is 1. The van der Waals surface area contributed by atoms with Crippen LogP contribution in [-0.2, 0) is 9.59 Å². The number of halogens is 1. The van der Waals surface area contributed by atoms with Gasteiger partial charge in [0.25, 0.3) is 0 Å². The van der Waals surface area contributed by atoms with E-state index in [1.165, 1.54) is 24.3 Å². The normalized spacial score (nSPS) is 11.5. The number of ketones is 1. The molecule has 0 fully saturated rings. The van der Waals surface area contributed by atoms with Crippen LogP contribution in [0.5, 0.6) is 0 Å². The van der Waals surface area contributed by atoms with Crippen molar-refractivity contribution >= 4 is 17.7 Å². The van der Waals surface area contributed by atoms with Crippen molar-refractivity contribution in [2.24, 2.45) is 0 Å². The van der Waals surface area contributed by atoms with Crippen molar-refractivity contribution in [3.05, 3.63) is 71.5 Å². The molecule has 6 heteroatoms. The SMILES string of the molecule is O=C(CCC(=O)c1ccc(F)cc1)NC(C(=O)O)c1ccccc1. The summed E-state index contributed by atoms with van der Waals surface area (Å²) >= 11 is 0. The smallest absolute Gasteiger partial charge is 0.330 e. The van der Waals surface area contributed by atoms with Crippen molar-refractivity contribution in [1.29, 1.82) is 0 Å². The lowest BCUT2D eigenvalue weighted by Crippen LogP contribution is -2.33. The van der Waals surface area contributed by atoms with Gasteiger partial charge in [0, 0.05) is 18.4 Å². The van der Waals surface area contributed by atoms with Crippen LogP contribution in [0.3, 0.4) is 0 Å². The molecule has 124 valence electrons. The third-order valence-corrected chi connectivity index (χ3v) is 3.43. The van der Waals surface area contributed by atoms with Crippen molar-refractivity contribution in [1.82, 2.24) is 5.32 Å². The second kappa shape index (κ2) is 8.01. The Bertz CT molecular complexity index is 728. The zero-order valence-corrected chi connectivity index (χ0v) is 12.7. The number of Topliss-reactive ketones (excluding diaryl/α,β-unsaturated/α-hetero) is 1. The standard InChI is InChI=1S/C18H16FNO4/c19-14-8-6-12(7-9-14)15(21)10-11-16(22)20-17(18(23)24)13-4-2-1-3-5-13/h1-9,17H,10-11H2,(H,20,22)(H,23,24). The molecule has 0 saturated carbocycles. The van der Waals surface area contributed by atoms with Crippen molar-refractivity contribution in [3.63, 3.8) is 0 Å². The van der Waals surface area contributed by atoms with Gasteiger partial charge in [0.2, 0.25) is 5.91 Å². The van der Waals surface area contributed by atoms with E-state index in [0.717, 1.165) is 0 Å². The number of carbonyl (C=O) groups excluding carboxylic acids is 2. The van der Waals surface area contributed by atoms with Gasteiger partial charge in [-0.05, 0) is 29.8 Å². The molecule has 0 bridgehead atoms. The van der Waals surface area contributed by atoms with Crippen LogP contribution in [0.1, 0.15) is 34.8 Å². The molecule has 1 unspecified atom stereocenters. The zero-order valence-electron chi connectivity index (χ0n) is 12.7. The highest BCUT2D eigenvalue weighted by atomic mass is 19.1. The van der Waals surface area contributed by atoms with Gasteiger partial charge >= 0.3 is 5.97 Å². The van der Waals surface area contributed by atoms with E-state index in [0.29, 0.717) is 11.1 Å². The van der Waals surface area contributed by atoms with E-state index in [9.17, 15) is 23.9 Å². The minimum absolute atomic E-state index is 0.0847. The molecule has 0 heterocycles. The van der Waals surface area contributed by atoms with E-state index in [2.05, 4.69) is 5.32 Å². The van der Waals surface area contributed by atoms with Crippen LogP contribution in [0.25, 0.3) is 0 Å². The fraction of sp³-hybridized carbons (Fsp3) is 0.167. The predicted octanol–water partition coefficient (Wildman–Crippen LogP) is 2.73. The molecule has 0 aliphatic heterocycles. The number of carboxylic acid groups (broad SMARTS) is 1. The monoisotopic (exact) mass is 329 g/mol. The van der Waals surface area contributed by atoms with Gasteiger partial charge in [-0.25, -0.2) is 9.18 Å². The molecule has 2 N–H and O–H groups in total. The molecule has 0 spiro atoms. The number of nitrogens with one attached hydrogen (secondary N) is 1. The van der Waals surface area contributed by atoms with E-state index < -0.39 is 23.7 Å². The highest BCUT2D eigenvalue weighted by molar-refractivity contribution is 5.98. The summed E-state index contributed by atoms with van der Waals surface area (Å²) in [5.74, 6) is -2.48. The van der Waals surface area contributed by atoms with Crippen LogP contribution >= 0.6 is 0 Å². The topological polar surface area (TPSA) is 83.5 Å². The second-order valence-corrected chi connectivity index (χ2v) is 5.18. The number of rotatable bonds is 7. The molecule has 2 aromatic carbocycles. The lowest BCUT2D eigenvalue weighted by molar-refractivity contribution is -0.142. The highest BCUT2D eigenvalue weighted by Crippen LogP contribution is 2.13. The van der Waals surface area contributed by atoms with Crippen LogP contribution in [0, 0.1) is 5.82 Å². The number of hydrogen-bond acceptors (Lipinski definition) is 3. The summed E-state index contributed by atoms with van der Waals surface area (Å²) in [6.45, 7) is 0. The quantitative estimate of drug-likeness (QED) is 0.765. The van der Waals surface area contributed by atoms with Crippen molar-refractivity contribution in [3.8, 4) is 0 Å². The Labute approximate surface area is 138 Å². The maximum Gasteiger partial charge on any atom is 0.330 e. The maximum atomic E-state index is 12.8. The summed E-state index contributed by atoms with van der Waals surface area (Å²) in [7, 11) is 0. The number of amides is 1. The lowest BCUT2D eigenvalue weighted by Gasteiger charge is -2.14. The molecule has 0 saturated heterocycles. The van der Waals surface area contributed by atoms with Crippen molar-refractivity contribution in [2.75, 3.05) is 0 Å². The first-order chi connectivity index (χ1) is 11.5. The van der Waals surface area contributed by atoms with Crippen LogP contribution in [0.2, 0.25) is 0 Å². The third kappa shape index (κ3) is 4.74. The predicted molar refractivity (Wildman–Crippen MR) is 84.9 cm³/mol. The van der Waals surface area contributed by atoms with E-state index in [-0.39, 0.29) is 18.6 Å². The van der Waals surface area contributed by atoms with Crippen LogP contribution in [0.15, 0.2) is 54.6 Å². The number of benzene rings is 2. The Kier molecular flexibility index (Phi) is 5.78. The molecular formula is C18H16FNO4. The molecular weight excluding hydrogens is 313 g/mol. The van der Waals surface area contributed by atoms with Gasteiger partial charge in [-0.1, -0.05) is 30.3 Å². The maximum absolute atomic E-state index is 12.8. The van der Waals surface area contributed by atoms with E-state index in [4.69, 9.17) is 0 Å². The number of carbonyl (C=O) groups is 3. The minimum Gasteiger partial charge on any atom is -0.479 e. The molecule has 0 aliphatic carbocycles. The summed E-state index contributed by atoms with van der Waals surface area (Å²) in [4.78, 5) is 35.2. The fourth-order valence-electron chi connectivity index (χ4n) is 2.17. The Hall–Kier alpha value is -3.02. The van der Waals surface area contributed by atoms with Crippen LogP contribution < -0.4 is 5.32 Å². The zero-order chi connectivity index (χ0) is 17.5. The summed E-state index contributed by atoms with van der Waals surface area (Å²) in [6.07, 6.45) is -0.231. The fourth-order valence-corrected chi connectivity index (χ4v) is 2.17. The highest BCUT2D eigenvalue weighted by Gasteiger charge is 2.22. The third-order valence-electron chi connectivity index (χ3n) is 3.43. The van der Waals surface area contributed by atoms with Gasteiger partial charge in [-0.2, -0.15) is 0 Å². The average molecular weight is 329 g/mol. The lowest BCUT2D eigenvalue weighted by atomic mass is 10.0. The van der Waals surface area contributed by atoms with Gasteiger partial charge in [0.1, 0.15) is 5.82 Å². The Morgan fingerprint density at radius 2 is 1.58 bits per heavy atom. The molecule has 0 aromatic heterocycles. The van der Waals surface area contributed by atoms with E-state index >= 15 is 0 Å². The number of hydrogen-bond donors (Lipinski definition) is 2. The summed E-state index contributed by atoms with van der Waals surface area (Å²) in [5, 5.41) is 11.6. The molecule has 1 amide bonds. The largest absolute Gasteiger partial charge is 0.479 e. The molecule has 2 rings (SSSR count). The van der Waals surface area contributed by atoms with Gasteiger partial charge in [-0.3, -0.25) is 9.59 Å². The van der Waals surface area contributed by atoms with Gasteiger partial charge < -0.3 is 10.4 Å². The Balaban J connectivity index is 1.93. The Morgan fingerprint density at radius 3 is 2.17 bits per heavy atom. The molecule has 0 aliphatic rings. The van der Waals surface area contributed by atoms with Gasteiger partial charge in [-0.15, -0.1) is 0 Å². The summed E-state index contributed by atoms with van der Waals surface area (Å²) in [6, 6.07) is 12.2. The van der Waals surface area contributed by atoms with E-state index in [1.807, 2.05) is 0 Å². The first-order valence-electron chi connectivity index (χ1n) is 7.33. The van der Waals surface area contributed by atoms with Crippen LogP contribution in [0.4, 0.5) is 4.39 Å². The van der Waals surface area contributed by atoms with E-state index in [1.54, 1.807) is 30.3 Å². The minimum atomic E-state index is -1.18. The summed E-state index contributed by atoms with van der Waals surface area (Å²) in [5.41, 5.74) is 0.755. The first kappa shape index (κ1) is 17.3. The number of aliphatic carboxylic acids is 1. The van der Waals surface area contributed by atoms with Crippen molar-refractivity contribution < 1.29 is 23.9 Å². The van der Waals surface area contributed by atoms with Crippen molar-refractivity contribution in [2.45, 2.75) is 18.9 Å². The second-order valence-electron chi connectivity index (χ2n) is 5.18. The first-order valence-corrected chi connectivity index (χ1v) is 7.33.